The van der Waals surface area contributed by atoms with Gasteiger partial charge < -0.3 is 20.4 Å². The highest BCUT2D eigenvalue weighted by Crippen LogP contribution is 2.22. The minimum Gasteiger partial charge on any atom is -0.396 e. The van der Waals surface area contributed by atoms with Crippen molar-refractivity contribution in [2.75, 3.05) is 19.8 Å². The van der Waals surface area contributed by atoms with Gasteiger partial charge in [-0.1, -0.05) is 71.0 Å². The van der Waals surface area contributed by atoms with Crippen LogP contribution in [0.4, 0.5) is 0 Å². The molecule has 2 aromatic carbocycles. The molecule has 0 aliphatic rings. The highest BCUT2D eigenvalue weighted by atomic mass is 28.3. The zero-order valence-corrected chi connectivity index (χ0v) is 13.5. The van der Waals surface area contributed by atoms with Crippen LogP contribution in [-0.4, -0.2) is 54.8 Å². The van der Waals surface area contributed by atoms with Crippen LogP contribution in [0.1, 0.15) is 0 Å². The van der Waals surface area contributed by atoms with E-state index in [2.05, 4.69) is 0 Å². The lowest BCUT2D eigenvalue weighted by Crippen LogP contribution is -2.61. The summed E-state index contributed by atoms with van der Waals surface area (Å²) in [5.74, 6) is 0. The minimum atomic E-state index is -2.15. The highest BCUT2D eigenvalue weighted by molar-refractivity contribution is 6.86. The molecule has 0 fully saturated rings. The highest BCUT2D eigenvalue weighted by Gasteiger charge is 2.43. The van der Waals surface area contributed by atoms with Crippen LogP contribution in [0.15, 0.2) is 60.7 Å². The summed E-state index contributed by atoms with van der Waals surface area (Å²) >= 11 is 0. The van der Waals surface area contributed by atoms with Gasteiger partial charge in [0, 0.05) is 0 Å². The molecule has 0 saturated carbocycles. The average molecular weight is 318 g/mol. The Hall–Kier alpha value is -1.50. The second-order valence-corrected chi connectivity index (χ2v) is 8.50. The SMILES string of the molecule is OCC(CO)(CO)C(O)[SiH](c1ccccc1)c1ccccc1. The molecule has 118 valence electrons. The Balaban J connectivity index is 2.49. The Morgan fingerprint density at radius 1 is 0.727 bits per heavy atom. The van der Waals surface area contributed by atoms with E-state index in [1.165, 1.54) is 0 Å². The fourth-order valence-corrected chi connectivity index (χ4v) is 6.07. The van der Waals surface area contributed by atoms with E-state index in [4.69, 9.17) is 0 Å². The molecule has 4 N–H and O–H groups in total. The van der Waals surface area contributed by atoms with Crippen LogP contribution in [0.5, 0.6) is 0 Å². The Labute approximate surface area is 131 Å². The zero-order valence-electron chi connectivity index (χ0n) is 12.3. The van der Waals surface area contributed by atoms with Crippen molar-refractivity contribution in [2.24, 2.45) is 5.41 Å². The van der Waals surface area contributed by atoms with E-state index in [-0.39, 0.29) is 0 Å². The van der Waals surface area contributed by atoms with E-state index in [0.29, 0.717) is 0 Å². The van der Waals surface area contributed by atoms with Gasteiger partial charge in [0.1, 0.15) is 8.80 Å². The maximum absolute atomic E-state index is 10.9. The first-order valence-electron chi connectivity index (χ1n) is 7.29. The monoisotopic (exact) mass is 318 g/mol. The lowest BCUT2D eigenvalue weighted by atomic mass is 9.92. The molecule has 22 heavy (non-hydrogen) atoms. The molecule has 0 spiro atoms. The van der Waals surface area contributed by atoms with Gasteiger partial charge in [0.2, 0.25) is 0 Å². The standard InChI is InChI=1S/C17H22O4Si/c18-11-17(12-19,13-20)16(21)22(14-7-3-1-4-8-14)15-9-5-2-6-10-15/h1-10,16,18-22H,11-13H2. The molecule has 0 amide bonds. The Morgan fingerprint density at radius 3 is 1.41 bits per heavy atom. The van der Waals surface area contributed by atoms with Gasteiger partial charge in [-0.25, -0.2) is 0 Å². The molecule has 4 nitrogen and oxygen atoms in total. The first-order chi connectivity index (χ1) is 10.7. The molecule has 1 unspecified atom stereocenters. The van der Waals surface area contributed by atoms with Crippen molar-refractivity contribution in [3.8, 4) is 0 Å². The average Bonchev–Trinajstić information content (AvgIpc) is 2.59. The van der Waals surface area contributed by atoms with E-state index in [1.54, 1.807) is 0 Å². The zero-order chi connectivity index (χ0) is 16.0. The molecule has 0 radical (unpaired) electrons. The van der Waals surface area contributed by atoms with Crippen LogP contribution in [0.25, 0.3) is 0 Å². The molecule has 0 aromatic heterocycles. The number of hydrogen-bond acceptors (Lipinski definition) is 4. The van der Waals surface area contributed by atoms with Crippen LogP contribution in [0, 0.1) is 5.41 Å². The van der Waals surface area contributed by atoms with Crippen molar-refractivity contribution < 1.29 is 20.4 Å². The Morgan fingerprint density at radius 2 is 1.09 bits per heavy atom. The number of benzene rings is 2. The largest absolute Gasteiger partial charge is 0.396 e. The maximum Gasteiger partial charge on any atom is 0.135 e. The fourth-order valence-electron chi connectivity index (χ4n) is 2.66. The van der Waals surface area contributed by atoms with Crippen LogP contribution < -0.4 is 10.4 Å². The van der Waals surface area contributed by atoms with E-state index < -0.39 is 39.8 Å². The van der Waals surface area contributed by atoms with Gasteiger partial charge in [0.25, 0.3) is 0 Å². The Bertz CT molecular complexity index is 510. The molecular formula is C17H22O4Si. The van der Waals surface area contributed by atoms with Gasteiger partial charge >= 0.3 is 0 Å². The van der Waals surface area contributed by atoms with Crippen molar-refractivity contribution in [3.05, 3.63) is 60.7 Å². The summed E-state index contributed by atoms with van der Waals surface area (Å²) in [4.78, 5) is 0. The third kappa shape index (κ3) is 3.29. The van der Waals surface area contributed by atoms with Crippen LogP contribution in [0.3, 0.4) is 0 Å². The smallest absolute Gasteiger partial charge is 0.135 e. The van der Waals surface area contributed by atoms with Gasteiger partial charge in [0.15, 0.2) is 0 Å². The quantitative estimate of drug-likeness (QED) is 0.488. The van der Waals surface area contributed by atoms with Crippen LogP contribution >= 0.6 is 0 Å². The van der Waals surface area contributed by atoms with Crippen molar-refractivity contribution >= 4 is 19.2 Å². The molecule has 2 rings (SSSR count). The van der Waals surface area contributed by atoms with Crippen molar-refractivity contribution in [1.29, 1.82) is 0 Å². The molecule has 1 atom stereocenters. The topological polar surface area (TPSA) is 80.9 Å². The molecule has 0 aliphatic carbocycles. The van der Waals surface area contributed by atoms with Crippen LogP contribution in [0.2, 0.25) is 0 Å². The lowest BCUT2D eigenvalue weighted by Gasteiger charge is -2.37. The summed E-state index contributed by atoms with van der Waals surface area (Å²) in [5, 5.41) is 41.8. The van der Waals surface area contributed by atoms with Gasteiger partial charge in [-0.05, 0) is 0 Å². The number of aliphatic hydroxyl groups excluding tert-OH is 4. The van der Waals surface area contributed by atoms with Gasteiger partial charge in [-0.2, -0.15) is 0 Å². The fraction of sp³-hybridized carbons (Fsp3) is 0.294. The summed E-state index contributed by atoms with van der Waals surface area (Å²) in [6, 6.07) is 19.2. The summed E-state index contributed by atoms with van der Waals surface area (Å²) in [6.07, 6.45) is 0. The third-order valence-electron chi connectivity index (χ3n) is 4.21. The normalized spacial score (nSPS) is 13.3. The third-order valence-corrected chi connectivity index (χ3v) is 7.75. The first-order valence-corrected chi connectivity index (χ1v) is 9.11. The molecule has 0 saturated heterocycles. The van der Waals surface area contributed by atoms with E-state index in [0.717, 1.165) is 10.4 Å². The second-order valence-electron chi connectivity index (χ2n) is 5.58. The van der Waals surface area contributed by atoms with E-state index >= 15 is 0 Å². The van der Waals surface area contributed by atoms with Gasteiger partial charge in [0.05, 0.1) is 31.0 Å². The van der Waals surface area contributed by atoms with Crippen molar-refractivity contribution in [2.45, 2.75) is 5.73 Å². The summed E-state index contributed by atoms with van der Waals surface area (Å²) < 4.78 is 0. The predicted octanol–water partition coefficient (Wildman–Crippen LogP) is -1.11. The Kier molecular flexibility index (Phi) is 5.88. The molecule has 5 heteroatoms. The number of aliphatic hydroxyl groups is 4. The second kappa shape index (κ2) is 7.67. The summed E-state index contributed by atoms with van der Waals surface area (Å²) in [7, 11) is -2.15. The molecular weight excluding hydrogens is 296 g/mol. The van der Waals surface area contributed by atoms with Gasteiger partial charge in [-0.3, -0.25) is 0 Å². The van der Waals surface area contributed by atoms with E-state index in [1.807, 2.05) is 60.7 Å². The van der Waals surface area contributed by atoms with Crippen molar-refractivity contribution in [3.63, 3.8) is 0 Å². The molecule has 0 bridgehead atoms. The van der Waals surface area contributed by atoms with Crippen molar-refractivity contribution in [1.82, 2.24) is 0 Å². The van der Waals surface area contributed by atoms with Gasteiger partial charge in [-0.15, -0.1) is 0 Å². The predicted molar refractivity (Wildman–Crippen MR) is 89.0 cm³/mol. The molecule has 0 aliphatic heterocycles. The van der Waals surface area contributed by atoms with E-state index in [9.17, 15) is 20.4 Å². The molecule has 2 aromatic rings. The summed E-state index contributed by atoms with van der Waals surface area (Å²) in [5.41, 5.74) is -2.29. The van der Waals surface area contributed by atoms with Crippen LogP contribution in [-0.2, 0) is 0 Å². The number of rotatable bonds is 7. The molecule has 0 heterocycles. The first kappa shape index (κ1) is 16.9. The number of hydrogen-bond donors (Lipinski definition) is 4. The minimum absolute atomic E-state index is 0.468. The maximum atomic E-state index is 10.9. The summed E-state index contributed by atoms with van der Waals surface area (Å²) in [6.45, 7) is -1.40. The lowest BCUT2D eigenvalue weighted by molar-refractivity contribution is -0.0524.